The maximum atomic E-state index is 11.8. The predicted octanol–water partition coefficient (Wildman–Crippen LogP) is 1.77. The molecule has 0 spiro atoms. The first-order valence-electron chi connectivity index (χ1n) is 7.59. The van der Waals surface area contributed by atoms with E-state index in [1.807, 2.05) is 19.1 Å². The van der Waals surface area contributed by atoms with Gasteiger partial charge in [0.15, 0.2) is 6.61 Å². The van der Waals surface area contributed by atoms with Crippen molar-refractivity contribution < 1.29 is 27.5 Å². The molecule has 1 aromatic rings. The summed E-state index contributed by atoms with van der Waals surface area (Å²) in [4.78, 5) is 22.9. The van der Waals surface area contributed by atoms with E-state index in [0.29, 0.717) is 5.56 Å². The largest absolute Gasteiger partial charge is 0.457 e. The van der Waals surface area contributed by atoms with Crippen molar-refractivity contribution in [2.75, 3.05) is 13.2 Å². The minimum absolute atomic E-state index is 0.572. The molecule has 1 N–H and O–H groups in total. The summed E-state index contributed by atoms with van der Waals surface area (Å²) in [5, 5.41) is 0.957. The number of hydrogen-bond acceptors (Lipinski definition) is 6. The molecule has 1 rings (SSSR count). The van der Waals surface area contributed by atoms with Gasteiger partial charge in [0.25, 0.3) is 0 Å². The summed E-state index contributed by atoms with van der Waals surface area (Å²) in [5.41, 5.74) is 1.08. The molecule has 0 bridgehead atoms. The van der Waals surface area contributed by atoms with E-state index in [-0.39, 0.29) is 0 Å². The van der Waals surface area contributed by atoms with Crippen LogP contribution in [0.4, 0.5) is 0 Å². The van der Waals surface area contributed by atoms with Crippen molar-refractivity contribution in [3.05, 3.63) is 40.8 Å². The summed E-state index contributed by atoms with van der Waals surface area (Å²) < 4.78 is 35.3. The van der Waals surface area contributed by atoms with Gasteiger partial charge in [0.1, 0.15) is 12.1 Å². The monoisotopic (exact) mass is 369 g/mol. The molecular formula is C17H23NO6S. The van der Waals surface area contributed by atoms with Crippen molar-refractivity contribution >= 4 is 28.0 Å². The predicted molar refractivity (Wildman–Crippen MR) is 93.9 cm³/mol. The number of rotatable bonds is 7. The van der Waals surface area contributed by atoms with Crippen LogP contribution in [-0.4, -0.2) is 39.1 Å². The van der Waals surface area contributed by atoms with Crippen LogP contribution in [0.3, 0.4) is 0 Å². The van der Waals surface area contributed by atoms with Crippen molar-refractivity contribution in [1.82, 2.24) is 4.72 Å². The van der Waals surface area contributed by atoms with E-state index in [1.54, 1.807) is 32.9 Å². The van der Waals surface area contributed by atoms with Gasteiger partial charge in [-0.05, 0) is 39.3 Å². The number of benzene rings is 1. The van der Waals surface area contributed by atoms with Gasteiger partial charge >= 0.3 is 11.9 Å². The van der Waals surface area contributed by atoms with Crippen molar-refractivity contribution in [3.8, 4) is 0 Å². The van der Waals surface area contributed by atoms with Crippen molar-refractivity contribution in [3.63, 3.8) is 0 Å². The molecule has 25 heavy (non-hydrogen) atoms. The topological polar surface area (TPSA) is 98.8 Å². The molecular weight excluding hydrogens is 346 g/mol. The van der Waals surface area contributed by atoms with Gasteiger partial charge in [-0.2, -0.15) is 0 Å². The van der Waals surface area contributed by atoms with Gasteiger partial charge in [0.2, 0.25) is 10.0 Å². The van der Waals surface area contributed by atoms with Crippen molar-refractivity contribution in [2.24, 2.45) is 0 Å². The second-order valence-corrected chi connectivity index (χ2v) is 7.98. The summed E-state index contributed by atoms with van der Waals surface area (Å²) in [6.07, 6.45) is 1.41. The van der Waals surface area contributed by atoms with Crippen LogP contribution in [0.15, 0.2) is 29.7 Å². The van der Waals surface area contributed by atoms with Gasteiger partial charge in [0.05, 0.1) is 0 Å². The van der Waals surface area contributed by atoms with E-state index in [2.05, 4.69) is 9.46 Å². The Morgan fingerprint density at radius 3 is 2.28 bits per heavy atom. The quantitative estimate of drug-likeness (QED) is 0.736. The third kappa shape index (κ3) is 9.63. The fourth-order valence-electron chi connectivity index (χ4n) is 1.61. The molecule has 0 amide bonds. The molecule has 7 nitrogen and oxygen atoms in total. The van der Waals surface area contributed by atoms with E-state index < -0.39 is 40.7 Å². The summed E-state index contributed by atoms with van der Waals surface area (Å²) in [6.45, 7) is 5.82. The average molecular weight is 369 g/mol. The Balaban J connectivity index is 2.43. The number of hydrogen-bond donors (Lipinski definition) is 1. The number of nitrogens with one attached hydrogen (secondary N) is 1. The lowest BCUT2D eigenvalue weighted by molar-refractivity contribution is -0.166. The third-order valence-corrected chi connectivity index (χ3v) is 3.75. The minimum atomic E-state index is -3.80. The Hall–Kier alpha value is -2.19. The second-order valence-electron chi connectivity index (χ2n) is 6.33. The zero-order chi connectivity index (χ0) is 19.1. The van der Waals surface area contributed by atoms with Gasteiger partial charge < -0.3 is 9.47 Å². The van der Waals surface area contributed by atoms with Gasteiger partial charge in [-0.25, -0.2) is 17.9 Å². The smallest absolute Gasteiger partial charge is 0.344 e. The van der Waals surface area contributed by atoms with E-state index in [1.165, 1.54) is 6.08 Å². The number of esters is 2. The van der Waals surface area contributed by atoms with Gasteiger partial charge in [-0.3, -0.25) is 4.79 Å². The molecule has 0 aliphatic heterocycles. The lowest BCUT2D eigenvalue weighted by atomic mass is 10.2. The zero-order valence-corrected chi connectivity index (χ0v) is 15.6. The number of carbonyl (C=O) groups excluding carboxylic acids is 2. The Kier molecular flexibility index (Phi) is 7.32. The molecule has 0 aromatic heterocycles. The van der Waals surface area contributed by atoms with Crippen LogP contribution in [0.1, 0.15) is 31.9 Å². The van der Waals surface area contributed by atoms with Crippen molar-refractivity contribution in [1.29, 1.82) is 0 Å². The molecule has 0 heterocycles. The highest BCUT2D eigenvalue weighted by atomic mass is 32.2. The van der Waals surface area contributed by atoms with E-state index >= 15 is 0 Å². The van der Waals surface area contributed by atoms with E-state index in [0.717, 1.165) is 11.0 Å². The number of carbonyl (C=O) groups is 2. The lowest BCUT2D eigenvalue weighted by Crippen LogP contribution is -2.32. The van der Waals surface area contributed by atoms with Crippen LogP contribution >= 0.6 is 0 Å². The number of sulfonamides is 1. The highest BCUT2D eigenvalue weighted by Crippen LogP contribution is 2.07. The SMILES string of the molecule is Cc1ccc(/C=C/S(=O)(=O)NCC(=O)OCC(=O)OC(C)(C)C)cc1. The van der Waals surface area contributed by atoms with Crippen LogP contribution in [0, 0.1) is 6.92 Å². The number of ether oxygens (including phenoxy) is 2. The Morgan fingerprint density at radius 1 is 1.12 bits per heavy atom. The maximum absolute atomic E-state index is 11.8. The van der Waals surface area contributed by atoms with Crippen LogP contribution < -0.4 is 4.72 Å². The lowest BCUT2D eigenvalue weighted by Gasteiger charge is -2.19. The maximum Gasteiger partial charge on any atom is 0.344 e. The molecule has 1 aromatic carbocycles. The van der Waals surface area contributed by atoms with Crippen LogP contribution in [-0.2, 0) is 29.1 Å². The Bertz CT molecular complexity index is 729. The van der Waals surface area contributed by atoms with E-state index in [4.69, 9.17) is 4.74 Å². The van der Waals surface area contributed by atoms with Crippen LogP contribution in [0.2, 0.25) is 0 Å². The minimum Gasteiger partial charge on any atom is -0.457 e. The molecule has 0 fully saturated rings. The summed E-state index contributed by atoms with van der Waals surface area (Å²) in [5.74, 6) is -1.58. The Morgan fingerprint density at radius 2 is 1.72 bits per heavy atom. The second kappa shape index (κ2) is 8.77. The number of aryl methyl sites for hydroxylation is 1. The van der Waals surface area contributed by atoms with Gasteiger partial charge in [-0.15, -0.1) is 0 Å². The first kappa shape index (κ1) is 20.9. The first-order chi connectivity index (χ1) is 11.5. The highest BCUT2D eigenvalue weighted by Gasteiger charge is 2.18. The molecule has 0 unspecified atom stereocenters. The molecule has 8 heteroatoms. The fourth-order valence-corrected chi connectivity index (χ4v) is 2.37. The molecule has 0 aliphatic carbocycles. The molecule has 0 aliphatic rings. The standard InChI is InChI=1S/C17H23NO6S/c1-13-5-7-14(8-6-13)9-10-25(21,22)18-11-15(19)23-12-16(20)24-17(2,3)4/h5-10,18H,11-12H2,1-4H3/b10-9+. The first-order valence-corrected chi connectivity index (χ1v) is 9.13. The van der Waals surface area contributed by atoms with Gasteiger partial charge in [-0.1, -0.05) is 29.8 Å². The molecule has 138 valence electrons. The fraction of sp³-hybridized carbons (Fsp3) is 0.412. The average Bonchev–Trinajstić information content (AvgIpc) is 2.49. The normalized spacial score (nSPS) is 12.2. The van der Waals surface area contributed by atoms with Crippen LogP contribution in [0.5, 0.6) is 0 Å². The zero-order valence-electron chi connectivity index (χ0n) is 14.7. The molecule has 0 saturated heterocycles. The summed E-state index contributed by atoms with van der Waals surface area (Å²) in [6, 6.07) is 7.26. The van der Waals surface area contributed by atoms with Crippen molar-refractivity contribution in [2.45, 2.75) is 33.3 Å². The summed E-state index contributed by atoms with van der Waals surface area (Å²) >= 11 is 0. The highest BCUT2D eigenvalue weighted by molar-refractivity contribution is 7.92. The summed E-state index contributed by atoms with van der Waals surface area (Å²) in [7, 11) is -3.80. The van der Waals surface area contributed by atoms with Crippen LogP contribution in [0.25, 0.3) is 6.08 Å². The third-order valence-electron chi connectivity index (χ3n) is 2.71. The molecule has 0 radical (unpaired) electrons. The molecule has 0 atom stereocenters. The van der Waals surface area contributed by atoms with E-state index in [9.17, 15) is 18.0 Å². The Labute approximate surface area is 148 Å². The molecule has 0 saturated carbocycles. The van der Waals surface area contributed by atoms with Gasteiger partial charge in [0, 0.05) is 5.41 Å².